The van der Waals surface area contributed by atoms with E-state index in [4.69, 9.17) is 42.0 Å². The Morgan fingerprint density at radius 1 is 0.863 bits per heavy atom. The molecule has 1 aromatic carbocycles. The minimum Gasteiger partial charge on any atom is -0.468 e. The number of para-hydroxylation sites is 1. The highest BCUT2D eigenvalue weighted by Gasteiger charge is 2.67. The van der Waals surface area contributed by atoms with Crippen LogP contribution in [0.3, 0.4) is 0 Å². The first-order chi connectivity index (χ1) is 33.7. The lowest BCUT2D eigenvalue weighted by Crippen LogP contribution is -2.59. The van der Waals surface area contributed by atoms with Gasteiger partial charge in [-0.1, -0.05) is 65.8 Å². The Balaban J connectivity index is 1.27. The second kappa shape index (κ2) is 21.2. The SMILES string of the molecule is COC(=O)C(C)NP(=O)(OC[C@H]1C=C[C@@H](n2cc(C)c(=O)n(CCCn3c(=O)c(C)cn([C@@H]4O[C@H](CO[Si](C)(C)C(C)(C)C)[C@@]5(OS(=O)(=O)C=C5N)[C@H]4O[Si](C)(C)C(C)(C)C)c3=O)c2=O)O1)Oc1ccccc1. The molecule has 26 heteroatoms. The molecule has 1 saturated heterocycles. The number of carbonyl (C=O) groups is 1. The molecule has 6 rings (SSSR count). The highest BCUT2D eigenvalue weighted by Crippen LogP contribution is 2.52. The van der Waals surface area contributed by atoms with E-state index < -0.39 is 110 Å². The minimum atomic E-state index is -4.37. The zero-order chi connectivity index (χ0) is 54.4. The van der Waals surface area contributed by atoms with Crippen molar-refractivity contribution >= 4 is 40.5 Å². The molecule has 0 aliphatic carbocycles. The molecular formula is C47H71N6O16PSSi2. The van der Waals surface area contributed by atoms with Crippen molar-refractivity contribution in [1.29, 1.82) is 0 Å². The van der Waals surface area contributed by atoms with Gasteiger partial charge in [-0.3, -0.25) is 37.2 Å². The Morgan fingerprint density at radius 3 is 1.96 bits per heavy atom. The monoisotopic (exact) mass is 1090 g/mol. The Kier molecular flexibility index (Phi) is 16.8. The smallest absolute Gasteiger partial charge is 0.459 e. The van der Waals surface area contributed by atoms with E-state index in [1.165, 1.54) is 49.4 Å². The fraction of sp³-hybridized carbons (Fsp3) is 0.596. The number of nitrogens with one attached hydrogen (secondary N) is 1. The molecule has 0 bridgehead atoms. The number of carbonyl (C=O) groups excluding carboxylic acids is 1. The molecule has 3 aliphatic rings. The van der Waals surface area contributed by atoms with Crippen molar-refractivity contribution in [3.8, 4) is 5.75 Å². The number of esters is 1. The highest BCUT2D eigenvalue weighted by molar-refractivity contribution is 7.90. The summed E-state index contributed by atoms with van der Waals surface area (Å²) in [4.78, 5) is 68.4. The number of rotatable bonds is 19. The van der Waals surface area contributed by atoms with Gasteiger partial charge in [-0.05, 0) is 81.7 Å². The minimum absolute atomic E-state index is 0.0535. The fourth-order valence-electron chi connectivity index (χ4n) is 7.97. The molecule has 2 unspecified atom stereocenters. The van der Waals surface area contributed by atoms with Gasteiger partial charge in [-0.15, -0.1) is 0 Å². The molecule has 1 fully saturated rings. The molecule has 0 saturated carbocycles. The summed E-state index contributed by atoms with van der Waals surface area (Å²) in [5.41, 5.74) is 1.97. The van der Waals surface area contributed by atoms with E-state index in [2.05, 4.69) is 25.9 Å². The largest absolute Gasteiger partial charge is 0.468 e. The number of nitrogens with two attached hydrogens (primary N) is 1. The second-order valence-electron chi connectivity index (χ2n) is 21.6. The lowest BCUT2D eigenvalue weighted by molar-refractivity contribution is -0.142. The van der Waals surface area contributed by atoms with E-state index in [-0.39, 0.29) is 60.3 Å². The van der Waals surface area contributed by atoms with Crippen molar-refractivity contribution in [2.45, 2.75) is 160 Å². The molecule has 0 amide bonds. The van der Waals surface area contributed by atoms with Crippen LogP contribution < -0.4 is 37.8 Å². The van der Waals surface area contributed by atoms with Crippen LogP contribution in [0.15, 0.2) is 85.2 Å². The highest BCUT2D eigenvalue weighted by atomic mass is 32.2. The summed E-state index contributed by atoms with van der Waals surface area (Å²) in [5.74, 6) is -0.507. The van der Waals surface area contributed by atoms with E-state index in [1.807, 2.05) is 47.0 Å². The van der Waals surface area contributed by atoms with Crippen molar-refractivity contribution in [2.75, 3.05) is 20.3 Å². The molecule has 3 aromatic rings. The van der Waals surface area contributed by atoms with Gasteiger partial charge in [0, 0.05) is 36.6 Å². The lowest BCUT2D eigenvalue weighted by atomic mass is 9.89. The van der Waals surface area contributed by atoms with Crippen LogP contribution in [0.25, 0.3) is 0 Å². The van der Waals surface area contributed by atoms with Crippen LogP contribution in [0, 0.1) is 13.8 Å². The number of hydrogen-bond donors (Lipinski definition) is 2. The molecule has 2 aromatic heterocycles. The molecule has 1 spiro atoms. The van der Waals surface area contributed by atoms with Crippen molar-refractivity contribution in [2.24, 2.45) is 5.73 Å². The Labute approximate surface area is 427 Å². The fourth-order valence-corrected chi connectivity index (χ4v) is 13.0. The van der Waals surface area contributed by atoms with Crippen molar-refractivity contribution in [3.05, 3.63) is 119 Å². The first-order valence-electron chi connectivity index (χ1n) is 23.9. The van der Waals surface area contributed by atoms with Gasteiger partial charge >= 0.3 is 25.1 Å². The van der Waals surface area contributed by atoms with Crippen LogP contribution in [0.5, 0.6) is 5.75 Å². The maximum atomic E-state index is 14.8. The van der Waals surface area contributed by atoms with E-state index in [0.29, 0.717) is 0 Å². The predicted octanol–water partition coefficient (Wildman–Crippen LogP) is 5.06. The molecule has 404 valence electrons. The maximum absolute atomic E-state index is 14.8. The molecule has 22 nitrogen and oxygen atoms in total. The summed E-state index contributed by atoms with van der Waals surface area (Å²) in [6.45, 7) is 23.6. The van der Waals surface area contributed by atoms with Gasteiger partial charge in [0.15, 0.2) is 34.7 Å². The third-order valence-corrected chi connectivity index (χ3v) is 25.9. The average Bonchev–Trinajstić information content (AvgIpc) is 3.95. The molecule has 8 atom stereocenters. The van der Waals surface area contributed by atoms with E-state index in [1.54, 1.807) is 42.5 Å². The number of aromatic nitrogens is 4. The number of benzene rings is 1. The molecule has 3 N–H and O–H groups in total. The Morgan fingerprint density at radius 2 is 1.42 bits per heavy atom. The number of nitrogens with zero attached hydrogens (tertiary/aromatic N) is 4. The van der Waals surface area contributed by atoms with Crippen molar-refractivity contribution in [1.82, 2.24) is 23.4 Å². The normalized spacial score (nSPS) is 24.4. The predicted molar refractivity (Wildman–Crippen MR) is 276 cm³/mol. The quantitative estimate of drug-likeness (QED) is 0.0522. The lowest BCUT2D eigenvalue weighted by Gasteiger charge is -2.43. The van der Waals surface area contributed by atoms with Crippen molar-refractivity contribution in [3.63, 3.8) is 0 Å². The van der Waals surface area contributed by atoms with Gasteiger partial charge in [-0.2, -0.15) is 13.5 Å². The van der Waals surface area contributed by atoms with Gasteiger partial charge in [0.05, 0.1) is 31.4 Å². The molecule has 3 aliphatic heterocycles. The molecule has 0 radical (unpaired) electrons. The molecule has 73 heavy (non-hydrogen) atoms. The number of methoxy groups -OCH3 is 1. The summed E-state index contributed by atoms with van der Waals surface area (Å²) in [6, 6.07) is 7.11. The summed E-state index contributed by atoms with van der Waals surface area (Å²) < 4.78 is 93.4. The first kappa shape index (κ1) is 57.7. The van der Waals surface area contributed by atoms with Gasteiger partial charge in [-0.25, -0.2) is 18.3 Å². The van der Waals surface area contributed by atoms with E-state index >= 15 is 0 Å². The summed E-state index contributed by atoms with van der Waals surface area (Å²) in [6.07, 6.45) is -0.0649. The van der Waals surface area contributed by atoms with Gasteiger partial charge in [0.2, 0.25) is 0 Å². The second-order valence-corrected chi connectivity index (χ2v) is 34.3. The first-order valence-corrected chi connectivity index (χ1v) is 32.7. The van der Waals surface area contributed by atoms with Crippen LogP contribution in [-0.4, -0.2) is 99.6 Å². The van der Waals surface area contributed by atoms with E-state index in [9.17, 15) is 37.0 Å². The topological polar surface area (TPSA) is 268 Å². The van der Waals surface area contributed by atoms with Crippen LogP contribution in [0.4, 0.5) is 0 Å². The Hall–Kier alpha value is -4.54. The standard InChI is InChI=1S/C47H71N6O16PSSi2/c1-30-25-52(37-22-21-34(65-37)27-63-70(59,49-32(3)42(56)62-10)67-33-19-16-15-17-20-33)43(57)50(39(30)54)23-18-24-51-40(55)31(2)26-53(44(51)58)41-38(68-73(13,14)46(7,8)9)47(35(48)29-71(60,61)69-47)36(66-41)28-64-72(11,12)45(4,5)6/h15-17,19-22,25-26,29,32,34,36-38,41H,18,23-24,27-28,48H2,1-14H3,(H,49,59)/t32?,34-,36-,37+,38+,41-,47-,70?/m1/s1. The van der Waals surface area contributed by atoms with Crippen LogP contribution >= 0.6 is 7.75 Å². The van der Waals surface area contributed by atoms with Crippen LogP contribution in [-0.2, 0) is 64.3 Å². The summed E-state index contributed by atoms with van der Waals surface area (Å²) in [5, 5.41) is 2.72. The van der Waals surface area contributed by atoms with Crippen molar-refractivity contribution < 1.29 is 54.1 Å². The average molecular weight is 1100 g/mol. The number of hydrogen-bond acceptors (Lipinski definition) is 17. The zero-order valence-corrected chi connectivity index (χ0v) is 47.7. The van der Waals surface area contributed by atoms with E-state index in [0.717, 1.165) is 14.5 Å². The Bertz CT molecular complexity index is 3030. The number of aryl methyl sites for hydroxylation is 2. The van der Waals surface area contributed by atoms with Gasteiger partial charge < -0.3 is 33.3 Å². The number of ether oxygens (including phenoxy) is 3. The van der Waals surface area contributed by atoms with Crippen LogP contribution in [0.1, 0.15) is 78.5 Å². The third-order valence-electron chi connectivity index (χ3n) is 14.2. The maximum Gasteiger partial charge on any atom is 0.459 e. The van der Waals surface area contributed by atoms with Gasteiger partial charge in [0.25, 0.3) is 21.2 Å². The molecular weight excluding hydrogens is 1020 g/mol. The summed E-state index contributed by atoms with van der Waals surface area (Å²) in [7, 11) is -12.8. The van der Waals surface area contributed by atoms with Crippen LogP contribution in [0.2, 0.25) is 36.3 Å². The third kappa shape index (κ3) is 12.1. The van der Waals surface area contributed by atoms with Gasteiger partial charge in [0.1, 0.15) is 30.1 Å². The molecule has 5 heterocycles. The zero-order valence-electron chi connectivity index (χ0n) is 44.0. The summed E-state index contributed by atoms with van der Waals surface area (Å²) >= 11 is 0.